The van der Waals surface area contributed by atoms with Crippen LogP contribution in [0.25, 0.3) is 0 Å². The van der Waals surface area contributed by atoms with E-state index in [0.29, 0.717) is 12.4 Å². The molecule has 5 heteroatoms. The Morgan fingerprint density at radius 2 is 2.10 bits per heavy atom. The Labute approximate surface area is 117 Å². The van der Waals surface area contributed by atoms with Crippen molar-refractivity contribution in [3.63, 3.8) is 0 Å². The second-order valence-electron chi connectivity index (χ2n) is 4.23. The minimum absolute atomic E-state index is 0.264. The molecule has 2 rings (SSSR count). The molecule has 0 fully saturated rings. The molecule has 5 nitrogen and oxygen atoms in total. The molecule has 0 aliphatic carbocycles. The van der Waals surface area contributed by atoms with E-state index in [9.17, 15) is 4.79 Å². The molecule has 0 unspecified atom stereocenters. The molecule has 1 aromatic heterocycles. The van der Waals surface area contributed by atoms with Crippen molar-refractivity contribution in [3.8, 4) is 0 Å². The van der Waals surface area contributed by atoms with Crippen LogP contribution >= 0.6 is 0 Å². The third-order valence-corrected chi connectivity index (χ3v) is 2.70. The number of amides is 1. The summed E-state index contributed by atoms with van der Waals surface area (Å²) in [7, 11) is 0. The number of hydrogen-bond acceptors (Lipinski definition) is 4. The number of nitrogens with zero attached hydrogens (tertiary/aromatic N) is 2. The molecule has 0 atom stereocenters. The third-order valence-electron chi connectivity index (χ3n) is 2.70. The van der Waals surface area contributed by atoms with Gasteiger partial charge in [0, 0.05) is 12.2 Å². The number of carbonyl (C=O) groups excluding carboxylic acids is 1. The molecule has 0 spiro atoms. The third kappa shape index (κ3) is 3.41. The lowest BCUT2D eigenvalue weighted by Crippen LogP contribution is -2.24. The van der Waals surface area contributed by atoms with Crippen molar-refractivity contribution in [2.75, 3.05) is 11.9 Å². The fourth-order valence-electron chi connectivity index (χ4n) is 1.62. The van der Waals surface area contributed by atoms with Crippen molar-refractivity contribution in [1.29, 1.82) is 0 Å². The van der Waals surface area contributed by atoms with E-state index in [2.05, 4.69) is 27.2 Å². The SMILES string of the molecule is C=CCNC(=O)c1cnc(Nc2ccccc2C)cn1. The summed E-state index contributed by atoms with van der Waals surface area (Å²) in [5.41, 5.74) is 2.36. The summed E-state index contributed by atoms with van der Waals surface area (Å²) in [5, 5.41) is 5.81. The first-order valence-electron chi connectivity index (χ1n) is 6.24. The van der Waals surface area contributed by atoms with Crippen LogP contribution in [0.15, 0.2) is 49.3 Å². The highest BCUT2D eigenvalue weighted by Crippen LogP contribution is 2.17. The van der Waals surface area contributed by atoms with Crippen molar-refractivity contribution in [2.45, 2.75) is 6.92 Å². The molecule has 20 heavy (non-hydrogen) atoms. The van der Waals surface area contributed by atoms with Crippen LogP contribution in [0.1, 0.15) is 16.1 Å². The van der Waals surface area contributed by atoms with Crippen molar-refractivity contribution < 1.29 is 4.79 Å². The molecule has 0 bridgehead atoms. The summed E-state index contributed by atoms with van der Waals surface area (Å²) in [6, 6.07) is 7.88. The molecule has 0 saturated heterocycles. The van der Waals surface area contributed by atoms with E-state index in [4.69, 9.17) is 0 Å². The molecule has 0 radical (unpaired) electrons. The maximum Gasteiger partial charge on any atom is 0.271 e. The average molecular weight is 268 g/mol. The van der Waals surface area contributed by atoms with Crippen LogP contribution in [-0.2, 0) is 0 Å². The fraction of sp³-hybridized carbons (Fsp3) is 0.133. The number of anilines is 2. The van der Waals surface area contributed by atoms with Gasteiger partial charge in [0.1, 0.15) is 11.5 Å². The van der Waals surface area contributed by atoms with Gasteiger partial charge in [-0.05, 0) is 18.6 Å². The lowest BCUT2D eigenvalue weighted by Gasteiger charge is -2.08. The van der Waals surface area contributed by atoms with E-state index in [0.717, 1.165) is 11.3 Å². The molecule has 102 valence electrons. The molecule has 0 saturated carbocycles. The second-order valence-corrected chi connectivity index (χ2v) is 4.23. The van der Waals surface area contributed by atoms with Crippen molar-refractivity contribution in [3.05, 3.63) is 60.6 Å². The Kier molecular flexibility index (Phi) is 4.44. The zero-order chi connectivity index (χ0) is 14.4. The van der Waals surface area contributed by atoms with E-state index in [1.54, 1.807) is 6.08 Å². The number of benzene rings is 1. The molecule has 1 heterocycles. The molecule has 2 aromatic rings. The first-order chi connectivity index (χ1) is 9.70. The Hall–Kier alpha value is -2.69. The van der Waals surface area contributed by atoms with Crippen LogP contribution in [0, 0.1) is 6.92 Å². The lowest BCUT2D eigenvalue weighted by molar-refractivity contribution is 0.0952. The first kappa shape index (κ1) is 13.7. The van der Waals surface area contributed by atoms with Gasteiger partial charge in [0.15, 0.2) is 0 Å². The van der Waals surface area contributed by atoms with Gasteiger partial charge in [0.2, 0.25) is 0 Å². The number of para-hydroxylation sites is 1. The topological polar surface area (TPSA) is 66.9 Å². The highest BCUT2D eigenvalue weighted by Gasteiger charge is 2.07. The van der Waals surface area contributed by atoms with Gasteiger partial charge in [-0.3, -0.25) is 4.79 Å². The largest absolute Gasteiger partial charge is 0.347 e. The fourth-order valence-corrected chi connectivity index (χ4v) is 1.62. The van der Waals surface area contributed by atoms with E-state index >= 15 is 0 Å². The van der Waals surface area contributed by atoms with Gasteiger partial charge in [0.05, 0.1) is 12.4 Å². The summed E-state index contributed by atoms with van der Waals surface area (Å²) in [6.45, 7) is 5.95. The lowest BCUT2D eigenvalue weighted by atomic mass is 10.2. The average Bonchev–Trinajstić information content (AvgIpc) is 2.48. The summed E-state index contributed by atoms with van der Waals surface area (Å²) in [5.74, 6) is 0.333. The molecule has 1 amide bonds. The van der Waals surface area contributed by atoms with Crippen LogP contribution in [0.4, 0.5) is 11.5 Å². The van der Waals surface area contributed by atoms with Crippen LogP contribution in [0.2, 0.25) is 0 Å². The monoisotopic (exact) mass is 268 g/mol. The standard InChI is InChI=1S/C15H16N4O/c1-3-8-16-15(20)13-9-18-14(10-17-13)19-12-7-5-4-6-11(12)2/h3-7,9-10H,1,8H2,2H3,(H,16,20)(H,18,19). The van der Waals surface area contributed by atoms with Crippen molar-refractivity contribution >= 4 is 17.4 Å². The molecular formula is C15H16N4O. The van der Waals surface area contributed by atoms with E-state index in [1.807, 2.05) is 31.2 Å². The van der Waals surface area contributed by atoms with E-state index in [-0.39, 0.29) is 11.6 Å². The molecule has 0 aliphatic rings. The number of carbonyl (C=O) groups is 1. The van der Waals surface area contributed by atoms with Gasteiger partial charge in [-0.2, -0.15) is 0 Å². The normalized spacial score (nSPS) is 9.85. The van der Waals surface area contributed by atoms with Crippen molar-refractivity contribution in [1.82, 2.24) is 15.3 Å². The summed E-state index contributed by atoms with van der Waals surface area (Å²) in [6.07, 6.45) is 4.59. The van der Waals surface area contributed by atoms with Gasteiger partial charge in [-0.15, -0.1) is 6.58 Å². The number of rotatable bonds is 5. The van der Waals surface area contributed by atoms with Crippen molar-refractivity contribution in [2.24, 2.45) is 0 Å². The van der Waals surface area contributed by atoms with Gasteiger partial charge in [0.25, 0.3) is 5.91 Å². The summed E-state index contributed by atoms with van der Waals surface area (Å²) in [4.78, 5) is 19.9. The number of nitrogens with one attached hydrogen (secondary N) is 2. The molecular weight excluding hydrogens is 252 g/mol. The minimum atomic E-state index is -0.264. The first-order valence-corrected chi connectivity index (χ1v) is 6.24. The summed E-state index contributed by atoms with van der Waals surface area (Å²) >= 11 is 0. The Morgan fingerprint density at radius 1 is 1.30 bits per heavy atom. The Balaban J connectivity index is 2.07. The van der Waals surface area contributed by atoms with Gasteiger partial charge < -0.3 is 10.6 Å². The highest BCUT2D eigenvalue weighted by atomic mass is 16.1. The van der Waals surface area contributed by atoms with Crippen LogP contribution < -0.4 is 10.6 Å². The van der Waals surface area contributed by atoms with Crippen LogP contribution in [-0.4, -0.2) is 22.4 Å². The van der Waals surface area contributed by atoms with Gasteiger partial charge in [-0.25, -0.2) is 9.97 Å². The molecule has 2 N–H and O–H groups in total. The number of aryl methyl sites for hydroxylation is 1. The Bertz CT molecular complexity index is 608. The van der Waals surface area contributed by atoms with E-state index in [1.165, 1.54) is 12.4 Å². The van der Waals surface area contributed by atoms with Gasteiger partial charge >= 0.3 is 0 Å². The molecule has 1 aromatic carbocycles. The second kappa shape index (κ2) is 6.47. The highest BCUT2D eigenvalue weighted by molar-refractivity contribution is 5.92. The Morgan fingerprint density at radius 3 is 2.75 bits per heavy atom. The number of hydrogen-bond donors (Lipinski definition) is 2. The quantitative estimate of drug-likeness (QED) is 0.817. The van der Waals surface area contributed by atoms with E-state index < -0.39 is 0 Å². The zero-order valence-electron chi connectivity index (χ0n) is 11.3. The number of aromatic nitrogens is 2. The summed E-state index contributed by atoms with van der Waals surface area (Å²) < 4.78 is 0. The predicted molar refractivity (Wildman–Crippen MR) is 79.0 cm³/mol. The van der Waals surface area contributed by atoms with Crippen LogP contribution in [0.5, 0.6) is 0 Å². The van der Waals surface area contributed by atoms with Crippen LogP contribution in [0.3, 0.4) is 0 Å². The molecule has 0 aliphatic heterocycles. The van der Waals surface area contributed by atoms with Gasteiger partial charge in [-0.1, -0.05) is 24.3 Å². The zero-order valence-corrected chi connectivity index (χ0v) is 11.3. The maximum absolute atomic E-state index is 11.6. The predicted octanol–water partition coefficient (Wildman–Crippen LogP) is 2.44. The smallest absolute Gasteiger partial charge is 0.271 e. The maximum atomic E-state index is 11.6. The minimum Gasteiger partial charge on any atom is -0.347 e.